The number of hydrogen-bond acceptors (Lipinski definition) is 2. The predicted molar refractivity (Wildman–Crippen MR) is 96.8 cm³/mol. The summed E-state index contributed by atoms with van der Waals surface area (Å²) in [5.41, 5.74) is 1.70. The lowest BCUT2D eigenvalue weighted by Gasteiger charge is -2.18. The zero-order chi connectivity index (χ0) is 16.7. The summed E-state index contributed by atoms with van der Waals surface area (Å²) in [5.74, 6) is 0.591. The van der Waals surface area contributed by atoms with Gasteiger partial charge >= 0.3 is 0 Å². The fraction of sp³-hybridized carbons (Fsp3) is 0.211. The van der Waals surface area contributed by atoms with Gasteiger partial charge in [0.2, 0.25) is 0 Å². The molecule has 0 saturated carbocycles. The quantitative estimate of drug-likeness (QED) is 0.701. The van der Waals surface area contributed by atoms with Crippen LogP contribution in [0.2, 0.25) is 0 Å². The number of rotatable bonds is 7. The van der Waals surface area contributed by atoms with E-state index in [0.717, 1.165) is 16.5 Å². The van der Waals surface area contributed by atoms with Crippen molar-refractivity contribution in [3.63, 3.8) is 0 Å². The second kappa shape index (κ2) is 8.53. The van der Waals surface area contributed by atoms with Crippen LogP contribution < -0.4 is 10.1 Å². The van der Waals surface area contributed by atoms with Crippen LogP contribution in [0, 0.1) is 0 Å². The monoisotopic (exact) mass is 373 g/mol. The molecule has 2 aromatic rings. The minimum atomic E-state index is -0.100. The molecule has 4 heteroatoms. The van der Waals surface area contributed by atoms with E-state index in [1.54, 1.807) is 24.3 Å². The summed E-state index contributed by atoms with van der Waals surface area (Å²) in [5, 5.41) is 3.07. The van der Waals surface area contributed by atoms with Crippen molar-refractivity contribution >= 4 is 21.8 Å². The summed E-state index contributed by atoms with van der Waals surface area (Å²) >= 11 is 3.43. The zero-order valence-corrected chi connectivity index (χ0v) is 14.7. The molecule has 0 spiro atoms. The van der Waals surface area contributed by atoms with E-state index in [1.165, 1.54) is 0 Å². The van der Waals surface area contributed by atoms with Gasteiger partial charge in [0.25, 0.3) is 5.91 Å². The topological polar surface area (TPSA) is 38.3 Å². The molecule has 1 atom stereocenters. The van der Waals surface area contributed by atoms with Crippen molar-refractivity contribution in [2.75, 3.05) is 6.61 Å². The molecule has 0 heterocycles. The minimum Gasteiger partial charge on any atom is -0.488 e. The molecule has 0 aliphatic rings. The fourth-order valence-corrected chi connectivity index (χ4v) is 2.75. The van der Waals surface area contributed by atoms with Crippen LogP contribution in [0.15, 0.2) is 65.7 Å². The molecule has 1 amide bonds. The highest BCUT2D eigenvalue weighted by molar-refractivity contribution is 9.10. The van der Waals surface area contributed by atoms with E-state index in [2.05, 4.69) is 34.7 Å². The highest BCUT2D eigenvalue weighted by Gasteiger charge is 2.15. The van der Waals surface area contributed by atoms with Crippen molar-refractivity contribution in [2.45, 2.75) is 19.4 Å². The number of nitrogens with one attached hydrogen (secondary N) is 1. The number of carbonyl (C=O) groups is 1. The molecule has 3 nitrogen and oxygen atoms in total. The second-order valence-electron chi connectivity index (χ2n) is 5.09. The highest BCUT2D eigenvalue weighted by atomic mass is 79.9. The maximum Gasteiger partial charge on any atom is 0.251 e. The van der Waals surface area contributed by atoms with E-state index in [9.17, 15) is 4.79 Å². The Labute approximate surface area is 145 Å². The molecule has 120 valence electrons. The average molecular weight is 374 g/mol. The van der Waals surface area contributed by atoms with Crippen molar-refractivity contribution in [1.29, 1.82) is 0 Å². The first-order valence-corrected chi connectivity index (χ1v) is 8.34. The Morgan fingerprint density at radius 1 is 1.30 bits per heavy atom. The molecule has 0 bridgehead atoms. The largest absolute Gasteiger partial charge is 0.488 e. The van der Waals surface area contributed by atoms with E-state index in [-0.39, 0.29) is 11.9 Å². The molecule has 2 aromatic carbocycles. The Morgan fingerprint density at radius 2 is 2.04 bits per heavy atom. The SMILES string of the molecule is C=CCOc1ccc(C(=O)NC(CC)c2ccccc2)cc1Br. The average Bonchev–Trinajstić information content (AvgIpc) is 2.59. The molecule has 0 fully saturated rings. The van der Waals surface area contributed by atoms with Gasteiger partial charge in [-0.05, 0) is 46.1 Å². The summed E-state index contributed by atoms with van der Waals surface area (Å²) in [6, 6.07) is 15.3. The van der Waals surface area contributed by atoms with Gasteiger partial charge in [0.15, 0.2) is 0 Å². The van der Waals surface area contributed by atoms with Crippen molar-refractivity contribution < 1.29 is 9.53 Å². The number of ether oxygens (including phenoxy) is 1. The van der Waals surface area contributed by atoms with Gasteiger partial charge in [-0.1, -0.05) is 49.9 Å². The summed E-state index contributed by atoms with van der Waals surface area (Å²) in [6.45, 7) is 6.10. The van der Waals surface area contributed by atoms with Crippen LogP contribution in [0.3, 0.4) is 0 Å². The predicted octanol–water partition coefficient (Wildman–Crippen LogP) is 4.90. The van der Waals surface area contributed by atoms with E-state index < -0.39 is 0 Å². The first-order valence-electron chi connectivity index (χ1n) is 7.54. The molecule has 0 aliphatic heterocycles. The van der Waals surface area contributed by atoms with Crippen LogP contribution in [-0.2, 0) is 0 Å². The van der Waals surface area contributed by atoms with Gasteiger partial charge in [0.05, 0.1) is 10.5 Å². The molecular formula is C19H20BrNO2. The van der Waals surface area contributed by atoms with Crippen molar-refractivity contribution in [3.05, 3.63) is 76.8 Å². The van der Waals surface area contributed by atoms with Gasteiger partial charge in [-0.3, -0.25) is 4.79 Å². The Balaban J connectivity index is 2.10. The third kappa shape index (κ3) is 4.70. The van der Waals surface area contributed by atoms with Gasteiger partial charge < -0.3 is 10.1 Å². The smallest absolute Gasteiger partial charge is 0.251 e. The second-order valence-corrected chi connectivity index (χ2v) is 5.94. The van der Waals surface area contributed by atoms with Gasteiger partial charge in [-0.15, -0.1) is 0 Å². The van der Waals surface area contributed by atoms with Crippen LogP contribution in [0.1, 0.15) is 35.3 Å². The number of carbonyl (C=O) groups excluding carboxylic acids is 1. The van der Waals surface area contributed by atoms with Crippen molar-refractivity contribution in [1.82, 2.24) is 5.32 Å². The molecule has 0 aromatic heterocycles. The maximum absolute atomic E-state index is 12.5. The standard InChI is InChI=1S/C19H20BrNO2/c1-3-12-23-18-11-10-15(13-16(18)20)19(22)21-17(4-2)14-8-6-5-7-9-14/h3,5-11,13,17H,1,4,12H2,2H3,(H,21,22). The lowest BCUT2D eigenvalue weighted by Crippen LogP contribution is -2.28. The fourth-order valence-electron chi connectivity index (χ4n) is 2.26. The number of hydrogen-bond donors (Lipinski definition) is 1. The van der Waals surface area contributed by atoms with Crippen LogP contribution >= 0.6 is 15.9 Å². The van der Waals surface area contributed by atoms with Crippen LogP contribution in [0.4, 0.5) is 0 Å². The summed E-state index contributed by atoms with van der Waals surface area (Å²) < 4.78 is 6.25. The molecule has 1 N–H and O–H groups in total. The van der Waals surface area contributed by atoms with Gasteiger partial charge in [0, 0.05) is 5.56 Å². The van der Waals surface area contributed by atoms with Crippen molar-refractivity contribution in [3.8, 4) is 5.75 Å². The minimum absolute atomic E-state index is 0.000771. The summed E-state index contributed by atoms with van der Waals surface area (Å²) in [4.78, 5) is 12.5. The molecular weight excluding hydrogens is 354 g/mol. The van der Waals surface area contributed by atoms with Crippen LogP contribution in [0.5, 0.6) is 5.75 Å². The number of amides is 1. The van der Waals surface area contributed by atoms with Crippen LogP contribution in [-0.4, -0.2) is 12.5 Å². The normalized spacial score (nSPS) is 11.6. The van der Waals surface area contributed by atoms with Crippen LogP contribution in [0.25, 0.3) is 0 Å². The van der Waals surface area contributed by atoms with E-state index in [4.69, 9.17) is 4.74 Å². The molecule has 2 rings (SSSR count). The highest BCUT2D eigenvalue weighted by Crippen LogP contribution is 2.26. The molecule has 23 heavy (non-hydrogen) atoms. The van der Waals surface area contributed by atoms with E-state index in [1.807, 2.05) is 30.3 Å². The third-order valence-electron chi connectivity index (χ3n) is 3.47. The van der Waals surface area contributed by atoms with Gasteiger partial charge in [-0.25, -0.2) is 0 Å². The first-order chi connectivity index (χ1) is 11.2. The van der Waals surface area contributed by atoms with Crippen molar-refractivity contribution in [2.24, 2.45) is 0 Å². The number of benzene rings is 2. The van der Waals surface area contributed by atoms with Gasteiger partial charge in [0.1, 0.15) is 12.4 Å². The third-order valence-corrected chi connectivity index (χ3v) is 4.09. The number of halogens is 1. The lowest BCUT2D eigenvalue weighted by molar-refractivity contribution is 0.0935. The van der Waals surface area contributed by atoms with Gasteiger partial charge in [-0.2, -0.15) is 0 Å². The Hall–Kier alpha value is -2.07. The lowest BCUT2D eigenvalue weighted by atomic mass is 10.0. The van der Waals surface area contributed by atoms with E-state index >= 15 is 0 Å². The Kier molecular flexibility index (Phi) is 6.41. The molecule has 1 unspecified atom stereocenters. The molecule has 0 radical (unpaired) electrons. The maximum atomic E-state index is 12.5. The first kappa shape index (κ1) is 17.3. The Morgan fingerprint density at radius 3 is 2.65 bits per heavy atom. The summed E-state index contributed by atoms with van der Waals surface area (Å²) in [6.07, 6.45) is 2.51. The molecule has 0 aliphatic carbocycles. The van der Waals surface area contributed by atoms with E-state index in [0.29, 0.717) is 17.9 Å². The summed E-state index contributed by atoms with van der Waals surface area (Å²) in [7, 11) is 0. The molecule has 0 saturated heterocycles. The Bertz CT molecular complexity index is 670. The zero-order valence-electron chi connectivity index (χ0n) is 13.1.